The number of ether oxygens (including phenoxy) is 1. The van der Waals surface area contributed by atoms with Gasteiger partial charge in [0.1, 0.15) is 5.75 Å². The summed E-state index contributed by atoms with van der Waals surface area (Å²) in [6, 6.07) is 7.99. The summed E-state index contributed by atoms with van der Waals surface area (Å²) < 4.78 is 5.09. The van der Waals surface area contributed by atoms with Crippen molar-refractivity contribution >= 4 is 0 Å². The molecule has 0 bridgehead atoms. The minimum atomic E-state index is 0.0448. The highest BCUT2D eigenvalue weighted by Gasteiger charge is 1.98. The second-order valence-corrected chi connectivity index (χ2v) is 3.87. The lowest BCUT2D eigenvalue weighted by Crippen LogP contribution is -2.17. The summed E-state index contributed by atoms with van der Waals surface area (Å²) in [7, 11) is 1.66. The molecule has 1 aromatic rings. The van der Waals surface area contributed by atoms with Crippen LogP contribution in [0.1, 0.15) is 18.9 Å². The standard InChI is InChI=1S/C12H18N4O/c1-10(15-16-13)7-8-14-9-11-3-5-12(17-2)6-4-11/h3-6,10,14H,7-9H2,1-2H3. The molecule has 5 heteroatoms. The van der Waals surface area contributed by atoms with Crippen molar-refractivity contribution in [3.8, 4) is 5.75 Å². The molecule has 17 heavy (non-hydrogen) atoms. The third kappa shape index (κ3) is 5.24. The van der Waals surface area contributed by atoms with Crippen LogP contribution in [-0.2, 0) is 6.54 Å². The van der Waals surface area contributed by atoms with Crippen molar-refractivity contribution in [1.82, 2.24) is 5.32 Å². The average Bonchev–Trinajstić information content (AvgIpc) is 2.36. The van der Waals surface area contributed by atoms with Crippen LogP contribution in [0.3, 0.4) is 0 Å². The van der Waals surface area contributed by atoms with Gasteiger partial charge in [-0.1, -0.05) is 24.2 Å². The van der Waals surface area contributed by atoms with Crippen LogP contribution in [0, 0.1) is 0 Å². The van der Waals surface area contributed by atoms with E-state index >= 15 is 0 Å². The minimum Gasteiger partial charge on any atom is -0.497 e. The smallest absolute Gasteiger partial charge is 0.118 e. The molecule has 1 atom stereocenters. The van der Waals surface area contributed by atoms with E-state index in [1.165, 1.54) is 5.56 Å². The van der Waals surface area contributed by atoms with E-state index in [0.717, 1.165) is 25.3 Å². The molecule has 1 N–H and O–H groups in total. The lowest BCUT2D eigenvalue weighted by Gasteiger charge is -2.07. The average molecular weight is 234 g/mol. The minimum absolute atomic E-state index is 0.0448. The molecule has 0 heterocycles. The second-order valence-electron chi connectivity index (χ2n) is 3.87. The quantitative estimate of drug-likeness (QED) is 0.341. The van der Waals surface area contributed by atoms with Crippen molar-refractivity contribution < 1.29 is 4.74 Å². The first-order valence-corrected chi connectivity index (χ1v) is 5.64. The Morgan fingerprint density at radius 3 is 2.71 bits per heavy atom. The Morgan fingerprint density at radius 2 is 2.12 bits per heavy atom. The molecule has 0 fully saturated rings. The summed E-state index contributed by atoms with van der Waals surface area (Å²) in [4.78, 5) is 2.77. The van der Waals surface area contributed by atoms with E-state index in [2.05, 4.69) is 15.3 Å². The summed E-state index contributed by atoms with van der Waals surface area (Å²) in [5.41, 5.74) is 9.46. The fourth-order valence-electron chi connectivity index (χ4n) is 1.43. The molecule has 1 rings (SSSR count). The summed E-state index contributed by atoms with van der Waals surface area (Å²) in [6.45, 7) is 3.56. The molecule has 0 amide bonds. The van der Waals surface area contributed by atoms with E-state index in [1.807, 2.05) is 31.2 Å². The second kappa shape index (κ2) is 7.54. The molecular weight excluding hydrogens is 216 g/mol. The van der Waals surface area contributed by atoms with Crippen molar-refractivity contribution in [2.75, 3.05) is 13.7 Å². The number of nitrogens with one attached hydrogen (secondary N) is 1. The molecule has 0 saturated carbocycles. The van der Waals surface area contributed by atoms with Gasteiger partial charge in [0.05, 0.1) is 7.11 Å². The molecule has 0 spiro atoms. The maximum absolute atomic E-state index is 8.25. The Bertz CT molecular complexity index is 371. The molecule has 0 aromatic heterocycles. The number of benzene rings is 1. The Hall–Kier alpha value is -1.71. The molecule has 0 radical (unpaired) electrons. The highest BCUT2D eigenvalue weighted by molar-refractivity contribution is 5.26. The summed E-state index contributed by atoms with van der Waals surface area (Å²) >= 11 is 0. The number of azide groups is 1. The van der Waals surface area contributed by atoms with Gasteiger partial charge in [-0.25, -0.2) is 0 Å². The van der Waals surface area contributed by atoms with Gasteiger partial charge in [0.15, 0.2) is 0 Å². The Balaban J connectivity index is 2.23. The van der Waals surface area contributed by atoms with Crippen molar-refractivity contribution in [3.63, 3.8) is 0 Å². The molecule has 5 nitrogen and oxygen atoms in total. The van der Waals surface area contributed by atoms with Gasteiger partial charge in [-0.3, -0.25) is 0 Å². The van der Waals surface area contributed by atoms with Crippen LogP contribution in [0.4, 0.5) is 0 Å². The molecular formula is C12H18N4O. The molecule has 92 valence electrons. The van der Waals surface area contributed by atoms with Crippen LogP contribution in [0.25, 0.3) is 10.4 Å². The van der Waals surface area contributed by atoms with E-state index in [4.69, 9.17) is 10.3 Å². The molecule has 0 aliphatic carbocycles. The Morgan fingerprint density at radius 1 is 1.41 bits per heavy atom. The Labute approximate surface area is 101 Å². The van der Waals surface area contributed by atoms with Crippen LogP contribution in [0.2, 0.25) is 0 Å². The van der Waals surface area contributed by atoms with E-state index in [-0.39, 0.29) is 6.04 Å². The zero-order valence-electron chi connectivity index (χ0n) is 10.3. The van der Waals surface area contributed by atoms with Gasteiger partial charge >= 0.3 is 0 Å². The van der Waals surface area contributed by atoms with Gasteiger partial charge in [0.25, 0.3) is 0 Å². The first-order valence-electron chi connectivity index (χ1n) is 5.64. The van der Waals surface area contributed by atoms with Crippen LogP contribution in [0.15, 0.2) is 29.4 Å². The molecule has 1 aromatic carbocycles. The number of rotatable bonds is 7. The van der Waals surface area contributed by atoms with Gasteiger partial charge in [-0.05, 0) is 36.2 Å². The zero-order chi connectivity index (χ0) is 12.5. The van der Waals surface area contributed by atoms with E-state index < -0.39 is 0 Å². The number of hydrogen-bond acceptors (Lipinski definition) is 3. The van der Waals surface area contributed by atoms with Gasteiger partial charge in [-0.2, -0.15) is 0 Å². The highest BCUT2D eigenvalue weighted by atomic mass is 16.5. The molecule has 0 aliphatic heterocycles. The van der Waals surface area contributed by atoms with Crippen molar-refractivity contribution in [2.45, 2.75) is 25.9 Å². The third-order valence-electron chi connectivity index (χ3n) is 2.48. The lowest BCUT2D eigenvalue weighted by molar-refractivity contribution is 0.414. The van der Waals surface area contributed by atoms with Crippen LogP contribution in [-0.4, -0.2) is 19.7 Å². The van der Waals surface area contributed by atoms with Crippen molar-refractivity contribution in [3.05, 3.63) is 40.3 Å². The van der Waals surface area contributed by atoms with Crippen LogP contribution in [0.5, 0.6) is 5.75 Å². The molecule has 0 aliphatic rings. The first-order chi connectivity index (χ1) is 8.26. The predicted octanol–water partition coefficient (Wildman–Crippen LogP) is 2.87. The zero-order valence-corrected chi connectivity index (χ0v) is 10.3. The van der Waals surface area contributed by atoms with E-state index in [9.17, 15) is 0 Å². The van der Waals surface area contributed by atoms with Crippen molar-refractivity contribution in [2.24, 2.45) is 5.11 Å². The SMILES string of the molecule is COc1ccc(CNCCC(C)N=[N+]=[N-])cc1. The fraction of sp³-hybridized carbons (Fsp3) is 0.500. The summed E-state index contributed by atoms with van der Waals surface area (Å²) in [6.07, 6.45) is 0.847. The van der Waals surface area contributed by atoms with Gasteiger partial charge in [-0.15, -0.1) is 0 Å². The van der Waals surface area contributed by atoms with Gasteiger partial charge < -0.3 is 10.1 Å². The summed E-state index contributed by atoms with van der Waals surface area (Å²) in [5, 5.41) is 6.92. The highest BCUT2D eigenvalue weighted by Crippen LogP contribution is 2.10. The van der Waals surface area contributed by atoms with E-state index in [0.29, 0.717) is 0 Å². The van der Waals surface area contributed by atoms with Gasteiger partial charge in [0, 0.05) is 17.5 Å². The maximum atomic E-state index is 8.25. The Kier molecular flexibility index (Phi) is 5.93. The van der Waals surface area contributed by atoms with E-state index in [1.54, 1.807) is 7.11 Å². The lowest BCUT2D eigenvalue weighted by atomic mass is 10.2. The van der Waals surface area contributed by atoms with Crippen LogP contribution >= 0.6 is 0 Å². The predicted molar refractivity (Wildman–Crippen MR) is 67.9 cm³/mol. The summed E-state index contributed by atoms with van der Waals surface area (Å²) in [5.74, 6) is 0.866. The maximum Gasteiger partial charge on any atom is 0.118 e. The fourth-order valence-corrected chi connectivity index (χ4v) is 1.43. The largest absolute Gasteiger partial charge is 0.497 e. The number of methoxy groups -OCH3 is 1. The number of hydrogen-bond donors (Lipinski definition) is 1. The third-order valence-corrected chi connectivity index (χ3v) is 2.48. The monoisotopic (exact) mass is 234 g/mol. The van der Waals surface area contributed by atoms with Crippen LogP contribution < -0.4 is 10.1 Å². The van der Waals surface area contributed by atoms with Crippen molar-refractivity contribution in [1.29, 1.82) is 0 Å². The topological polar surface area (TPSA) is 70.0 Å². The molecule has 0 saturated heterocycles. The normalized spacial score (nSPS) is 11.6. The number of nitrogens with zero attached hydrogens (tertiary/aromatic N) is 3. The van der Waals surface area contributed by atoms with Gasteiger partial charge in [0.2, 0.25) is 0 Å². The molecule has 1 unspecified atom stereocenters. The first kappa shape index (κ1) is 13.4.